The number of ether oxygens (including phenoxy) is 1. The molecule has 0 bridgehead atoms. The fourth-order valence-electron chi connectivity index (χ4n) is 3.31. The summed E-state index contributed by atoms with van der Waals surface area (Å²) in [6.07, 6.45) is 0.185. The topological polar surface area (TPSA) is 26.3 Å². The van der Waals surface area contributed by atoms with Crippen molar-refractivity contribution < 1.29 is 9.53 Å². The first-order valence-corrected chi connectivity index (χ1v) is 9.73. The minimum absolute atomic E-state index is 0.0508. The zero-order chi connectivity index (χ0) is 19.9. The van der Waals surface area contributed by atoms with Crippen molar-refractivity contribution in [3.05, 3.63) is 138 Å². The molecule has 4 aromatic carbocycles. The molecule has 1 unspecified atom stereocenters. The molecular formula is C27H22O2. The van der Waals surface area contributed by atoms with Crippen LogP contribution in [-0.4, -0.2) is 5.78 Å². The second-order valence-corrected chi connectivity index (χ2v) is 6.95. The molecule has 0 radical (unpaired) electrons. The smallest absolute Gasteiger partial charge is 0.207 e. The Labute approximate surface area is 171 Å². The summed E-state index contributed by atoms with van der Waals surface area (Å²) in [6.45, 7) is 0. The average Bonchev–Trinajstić information content (AvgIpc) is 2.80. The van der Waals surface area contributed by atoms with Crippen LogP contribution in [0, 0.1) is 0 Å². The fraction of sp³-hybridized carbons (Fsp3) is 0.0741. The van der Waals surface area contributed by atoms with Crippen LogP contribution in [0.4, 0.5) is 0 Å². The average molecular weight is 378 g/mol. The van der Waals surface area contributed by atoms with Crippen LogP contribution >= 0.6 is 0 Å². The maximum Gasteiger partial charge on any atom is 0.207 e. The number of Topliss-reactive ketones (excluding diaryl/α,β-unsaturated/α-hetero) is 1. The summed E-state index contributed by atoms with van der Waals surface area (Å²) >= 11 is 0. The van der Waals surface area contributed by atoms with Gasteiger partial charge < -0.3 is 4.74 Å². The summed E-state index contributed by atoms with van der Waals surface area (Å²) in [5.41, 5.74) is 3.95. The molecule has 0 fully saturated rings. The van der Waals surface area contributed by atoms with Gasteiger partial charge in [0, 0.05) is 11.1 Å². The lowest BCUT2D eigenvalue weighted by Crippen LogP contribution is -2.19. The molecule has 0 amide bonds. The number of carbonyl (C=O) groups excluding carboxylic acids is 1. The van der Waals surface area contributed by atoms with E-state index in [1.165, 1.54) is 11.1 Å². The van der Waals surface area contributed by atoms with Gasteiger partial charge >= 0.3 is 0 Å². The highest BCUT2D eigenvalue weighted by Crippen LogP contribution is 2.26. The van der Waals surface area contributed by atoms with Crippen LogP contribution in [0.25, 0.3) is 0 Å². The van der Waals surface area contributed by atoms with Crippen molar-refractivity contribution in [2.45, 2.75) is 12.5 Å². The van der Waals surface area contributed by atoms with Crippen LogP contribution in [-0.2, 0) is 6.42 Å². The molecule has 0 spiro atoms. The van der Waals surface area contributed by atoms with E-state index >= 15 is 0 Å². The highest BCUT2D eigenvalue weighted by Gasteiger charge is 2.23. The predicted molar refractivity (Wildman–Crippen MR) is 116 cm³/mol. The van der Waals surface area contributed by atoms with E-state index in [1.54, 1.807) is 0 Å². The molecule has 0 heterocycles. The molecule has 142 valence electrons. The summed E-state index contributed by atoms with van der Waals surface area (Å²) < 4.78 is 6.17. The van der Waals surface area contributed by atoms with E-state index in [-0.39, 0.29) is 5.78 Å². The molecular weight excluding hydrogens is 356 g/mol. The molecule has 0 aliphatic carbocycles. The summed E-state index contributed by atoms with van der Waals surface area (Å²) in [5, 5.41) is 0. The van der Waals surface area contributed by atoms with Crippen LogP contribution in [0.15, 0.2) is 115 Å². The number of rotatable bonds is 7. The lowest BCUT2D eigenvalue weighted by atomic mass is 9.99. The molecule has 0 aromatic heterocycles. The monoisotopic (exact) mass is 378 g/mol. The van der Waals surface area contributed by atoms with E-state index in [4.69, 9.17) is 4.74 Å². The minimum Gasteiger partial charge on any atom is -0.478 e. The van der Waals surface area contributed by atoms with Gasteiger partial charge in [-0.1, -0.05) is 103 Å². The highest BCUT2D eigenvalue weighted by molar-refractivity contribution is 6.00. The first kappa shape index (κ1) is 18.7. The number of hydrogen-bond acceptors (Lipinski definition) is 2. The Hall–Kier alpha value is -3.65. The van der Waals surface area contributed by atoms with E-state index in [1.807, 2.05) is 91.0 Å². The molecule has 29 heavy (non-hydrogen) atoms. The molecule has 2 heteroatoms. The maximum absolute atomic E-state index is 13.1. The molecule has 2 nitrogen and oxygen atoms in total. The quantitative estimate of drug-likeness (QED) is 0.354. The van der Waals surface area contributed by atoms with Gasteiger partial charge in [-0.2, -0.15) is 0 Å². The van der Waals surface area contributed by atoms with Crippen molar-refractivity contribution in [1.29, 1.82) is 0 Å². The number of ketones is 1. The third-order valence-electron chi connectivity index (χ3n) is 4.83. The van der Waals surface area contributed by atoms with E-state index in [0.29, 0.717) is 11.3 Å². The summed E-state index contributed by atoms with van der Waals surface area (Å²) in [5.74, 6) is 0.630. The lowest BCUT2D eigenvalue weighted by Gasteiger charge is -2.19. The van der Waals surface area contributed by atoms with Gasteiger partial charge in [0.05, 0.1) is 0 Å². The molecule has 1 atom stereocenters. The summed E-state index contributed by atoms with van der Waals surface area (Å²) in [6, 6.07) is 37.3. The van der Waals surface area contributed by atoms with Gasteiger partial charge in [0.2, 0.25) is 5.78 Å². The Kier molecular flexibility index (Phi) is 5.82. The Morgan fingerprint density at radius 2 is 1.14 bits per heavy atom. The van der Waals surface area contributed by atoms with E-state index in [0.717, 1.165) is 12.0 Å². The van der Waals surface area contributed by atoms with E-state index in [2.05, 4.69) is 24.3 Å². The van der Waals surface area contributed by atoms with Gasteiger partial charge in [0.25, 0.3) is 0 Å². The third-order valence-corrected chi connectivity index (χ3v) is 4.83. The van der Waals surface area contributed by atoms with Gasteiger partial charge in [0.1, 0.15) is 5.75 Å². The Bertz CT molecular complexity index is 1040. The minimum atomic E-state index is -0.682. The second kappa shape index (κ2) is 9.03. The predicted octanol–water partition coefficient (Wildman–Crippen LogP) is 6.28. The first-order chi connectivity index (χ1) is 14.3. The summed E-state index contributed by atoms with van der Waals surface area (Å²) in [4.78, 5) is 13.1. The zero-order valence-electron chi connectivity index (χ0n) is 16.1. The SMILES string of the molecule is O=C(c1ccccc1)C(Oc1ccc(Cc2ccccc2)cc1)c1ccccc1. The molecule has 4 rings (SSSR count). The summed E-state index contributed by atoms with van der Waals surface area (Å²) in [7, 11) is 0. The van der Waals surface area contributed by atoms with Gasteiger partial charge in [-0.05, 0) is 29.7 Å². The number of hydrogen-bond donors (Lipinski definition) is 0. The Morgan fingerprint density at radius 3 is 1.76 bits per heavy atom. The lowest BCUT2D eigenvalue weighted by molar-refractivity contribution is 0.0792. The van der Waals surface area contributed by atoms with Crippen molar-refractivity contribution in [2.24, 2.45) is 0 Å². The molecule has 0 saturated carbocycles. The zero-order valence-corrected chi connectivity index (χ0v) is 16.1. The van der Waals surface area contributed by atoms with E-state index in [9.17, 15) is 4.79 Å². The van der Waals surface area contributed by atoms with Crippen molar-refractivity contribution in [3.63, 3.8) is 0 Å². The van der Waals surface area contributed by atoms with Gasteiger partial charge in [0.15, 0.2) is 6.10 Å². The molecule has 0 aliphatic heterocycles. The second-order valence-electron chi connectivity index (χ2n) is 6.95. The number of benzene rings is 4. The van der Waals surface area contributed by atoms with Crippen LogP contribution in [0.5, 0.6) is 5.75 Å². The third kappa shape index (κ3) is 4.80. The van der Waals surface area contributed by atoms with Gasteiger partial charge in [-0.15, -0.1) is 0 Å². The molecule has 0 saturated heterocycles. The Balaban J connectivity index is 1.55. The van der Waals surface area contributed by atoms with Crippen LogP contribution < -0.4 is 4.74 Å². The largest absolute Gasteiger partial charge is 0.478 e. The molecule has 4 aromatic rings. The standard InChI is InChI=1S/C27H22O2/c28-26(23-12-6-2-7-13-23)27(24-14-8-3-9-15-24)29-25-18-16-22(17-19-25)20-21-10-4-1-5-11-21/h1-19,27H,20H2. The van der Waals surface area contributed by atoms with Crippen molar-refractivity contribution in [1.82, 2.24) is 0 Å². The maximum atomic E-state index is 13.1. The van der Waals surface area contributed by atoms with Crippen molar-refractivity contribution in [2.75, 3.05) is 0 Å². The number of carbonyl (C=O) groups is 1. The van der Waals surface area contributed by atoms with Gasteiger partial charge in [-0.3, -0.25) is 4.79 Å². The Morgan fingerprint density at radius 1 is 0.621 bits per heavy atom. The van der Waals surface area contributed by atoms with Crippen LogP contribution in [0.3, 0.4) is 0 Å². The van der Waals surface area contributed by atoms with Crippen molar-refractivity contribution in [3.8, 4) is 5.75 Å². The van der Waals surface area contributed by atoms with Crippen LogP contribution in [0.2, 0.25) is 0 Å². The molecule has 0 aliphatic rings. The van der Waals surface area contributed by atoms with Crippen LogP contribution in [0.1, 0.15) is 33.2 Å². The fourth-order valence-corrected chi connectivity index (χ4v) is 3.31. The van der Waals surface area contributed by atoms with E-state index < -0.39 is 6.10 Å². The normalized spacial score (nSPS) is 11.6. The highest BCUT2D eigenvalue weighted by atomic mass is 16.5. The first-order valence-electron chi connectivity index (χ1n) is 9.73. The van der Waals surface area contributed by atoms with Crippen molar-refractivity contribution >= 4 is 5.78 Å². The van der Waals surface area contributed by atoms with Gasteiger partial charge in [-0.25, -0.2) is 0 Å². The molecule has 0 N–H and O–H groups in total.